The molecule has 0 aromatic heterocycles. The Morgan fingerprint density at radius 3 is 2.71 bits per heavy atom. The Labute approximate surface area is 137 Å². The van der Waals surface area contributed by atoms with Crippen LogP contribution in [0.25, 0.3) is 0 Å². The van der Waals surface area contributed by atoms with Gasteiger partial charge in [0.05, 0.1) is 5.02 Å². The summed E-state index contributed by atoms with van der Waals surface area (Å²) in [5.41, 5.74) is 1.00. The van der Waals surface area contributed by atoms with E-state index in [-0.39, 0.29) is 11.1 Å². The molecule has 0 heterocycles. The summed E-state index contributed by atoms with van der Waals surface area (Å²) in [4.78, 5) is 0. The standard InChI is InChI=1S/C16H16BrClFNO/c1-3-20-10(2)13-8-11(17)4-7-16(13)21-12-5-6-14(18)15(19)9-12/h4-10,20H,3H2,1-2H3. The van der Waals surface area contributed by atoms with Crippen LogP contribution in [0.15, 0.2) is 40.9 Å². The van der Waals surface area contributed by atoms with Crippen LogP contribution in [0.5, 0.6) is 11.5 Å². The Bertz CT molecular complexity index is 636. The lowest BCUT2D eigenvalue weighted by molar-refractivity contribution is 0.458. The zero-order valence-corrected chi connectivity index (χ0v) is 14.1. The molecular formula is C16H16BrClFNO. The van der Waals surface area contributed by atoms with Crippen molar-refractivity contribution in [3.05, 3.63) is 57.3 Å². The first-order chi connectivity index (χ1) is 10.0. The summed E-state index contributed by atoms with van der Waals surface area (Å²) < 4.78 is 20.3. The van der Waals surface area contributed by atoms with Crippen LogP contribution in [0.3, 0.4) is 0 Å². The highest BCUT2D eigenvalue weighted by Gasteiger charge is 2.13. The Hall–Kier alpha value is -1.10. The van der Waals surface area contributed by atoms with Gasteiger partial charge in [-0.15, -0.1) is 0 Å². The number of rotatable bonds is 5. The van der Waals surface area contributed by atoms with Gasteiger partial charge >= 0.3 is 0 Å². The van der Waals surface area contributed by atoms with E-state index >= 15 is 0 Å². The molecule has 1 atom stereocenters. The first kappa shape index (κ1) is 16.3. The van der Waals surface area contributed by atoms with Gasteiger partial charge in [0.15, 0.2) is 0 Å². The minimum Gasteiger partial charge on any atom is -0.457 e. The van der Waals surface area contributed by atoms with Crippen molar-refractivity contribution in [1.82, 2.24) is 5.32 Å². The van der Waals surface area contributed by atoms with E-state index in [0.717, 1.165) is 16.6 Å². The Morgan fingerprint density at radius 1 is 1.29 bits per heavy atom. The fraction of sp³-hybridized carbons (Fsp3) is 0.250. The molecule has 0 radical (unpaired) electrons. The summed E-state index contributed by atoms with van der Waals surface area (Å²) >= 11 is 9.14. The largest absolute Gasteiger partial charge is 0.457 e. The molecule has 0 amide bonds. The molecule has 2 rings (SSSR count). The Morgan fingerprint density at radius 2 is 2.05 bits per heavy atom. The molecule has 0 fully saturated rings. The lowest BCUT2D eigenvalue weighted by atomic mass is 10.1. The number of benzene rings is 2. The summed E-state index contributed by atoms with van der Waals surface area (Å²) in [6.07, 6.45) is 0. The third-order valence-electron chi connectivity index (χ3n) is 3.07. The van der Waals surface area contributed by atoms with Gasteiger partial charge in [-0.1, -0.05) is 34.5 Å². The average Bonchev–Trinajstić information content (AvgIpc) is 2.45. The molecule has 0 saturated heterocycles. The normalized spacial score (nSPS) is 12.2. The first-order valence-electron chi connectivity index (χ1n) is 6.67. The maximum Gasteiger partial charge on any atom is 0.145 e. The number of hydrogen-bond acceptors (Lipinski definition) is 2. The van der Waals surface area contributed by atoms with E-state index < -0.39 is 5.82 Å². The van der Waals surface area contributed by atoms with Gasteiger partial charge in [0.2, 0.25) is 0 Å². The molecule has 21 heavy (non-hydrogen) atoms. The van der Waals surface area contributed by atoms with Crippen LogP contribution in [0, 0.1) is 5.82 Å². The lowest BCUT2D eigenvalue weighted by Gasteiger charge is -2.18. The third kappa shape index (κ3) is 4.19. The quantitative estimate of drug-likeness (QED) is 0.726. The van der Waals surface area contributed by atoms with Crippen molar-refractivity contribution in [1.29, 1.82) is 0 Å². The van der Waals surface area contributed by atoms with Crippen molar-refractivity contribution in [2.24, 2.45) is 0 Å². The smallest absolute Gasteiger partial charge is 0.145 e. The van der Waals surface area contributed by atoms with Crippen molar-refractivity contribution in [2.75, 3.05) is 6.54 Å². The van der Waals surface area contributed by atoms with Gasteiger partial charge in [0, 0.05) is 22.1 Å². The van der Waals surface area contributed by atoms with Crippen LogP contribution in [-0.4, -0.2) is 6.54 Å². The number of halogens is 3. The fourth-order valence-electron chi connectivity index (χ4n) is 2.03. The van der Waals surface area contributed by atoms with E-state index in [2.05, 4.69) is 28.2 Å². The molecule has 2 aromatic carbocycles. The number of nitrogens with one attached hydrogen (secondary N) is 1. The Kier molecular flexibility index (Phi) is 5.62. The van der Waals surface area contributed by atoms with E-state index in [9.17, 15) is 4.39 Å². The van der Waals surface area contributed by atoms with E-state index in [1.807, 2.05) is 25.1 Å². The monoisotopic (exact) mass is 371 g/mol. The highest BCUT2D eigenvalue weighted by Crippen LogP contribution is 2.33. The van der Waals surface area contributed by atoms with Crippen molar-refractivity contribution in [3.8, 4) is 11.5 Å². The van der Waals surface area contributed by atoms with E-state index in [0.29, 0.717) is 11.5 Å². The van der Waals surface area contributed by atoms with Gasteiger partial charge in [0.1, 0.15) is 17.3 Å². The second-order valence-electron chi connectivity index (χ2n) is 4.64. The predicted octanol–water partition coefficient (Wildman–Crippen LogP) is 5.70. The second kappa shape index (κ2) is 7.25. The van der Waals surface area contributed by atoms with Crippen LogP contribution in [0.2, 0.25) is 5.02 Å². The molecule has 0 saturated carbocycles. The van der Waals surface area contributed by atoms with Crippen molar-refractivity contribution in [3.63, 3.8) is 0 Å². The summed E-state index contributed by atoms with van der Waals surface area (Å²) in [5.74, 6) is 0.616. The van der Waals surface area contributed by atoms with Crippen molar-refractivity contribution < 1.29 is 9.13 Å². The Balaban J connectivity index is 2.32. The summed E-state index contributed by atoms with van der Waals surface area (Å²) in [7, 11) is 0. The van der Waals surface area contributed by atoms with Crippen LogP contribution < -0.4 is 10.1 Å². The van der Waals surface area contributed by atoms with Crippen LogP contribution in [-0.2, 0) is 0 Å². The van der Waals surface area contributed by atoms with Gasteiger partial charge < -0.3 is 10.1 Å². The van der Waals surface area contributed by atoms with Crippen molar-refractivity contribution in [2.45, 2.75) is 19.9 Å². The molecule has 0 aliphatic rings. The predicted molar refractivity (Wildman–Crippen MR) is 87.7 cm³/mol. The summed E-state index contributed by atoms with van der Waals surface area (Å²) in [5, 5.41) is 3.42. The van der Waals surface area contributed by atoms with Crippen LogP contribution in [0.1, 0.15) is 25.5 Å². The van der Waals surface area contributed by atoms with Gasteiger partial charge in [-0.3, -0.25) is 0 Å². The van der Waals surface area contributed by atoms with Crippen LogP contribution >= 0.6 is 27.5 Å². The maximum atomic E-state index is 13.5. The van der Waals surface area contributed by atoms with Gasteiger partial charge in [-0.2, -0.15) is 0 Å². The first-order valence-corrected chi connectivity index (χ1v) is 7.84. The minimum atomic E-state index is -0.493. The topological polar surface area (TPSA) is 21.3 Å². The molecule has 1 unspecified atom stereocenters. The highest BCUT2D eigenvalue weighted by atomic mass is 79.9. The lowest BCUT2D eigenvalue weighted by Crippen LogP contribution is -2.18. The maximum absolute atomic E-state index is 13.5. The summed E-state index contributed by atoms with van der Waals surface area (Å²) in [6.45, 7) is 4.95. The van der Waals surface area contributed by atoms with Crippen molar-refractivity contribution >= 4 is 27.5 Å². The van der Waals surface area contributed by atoms with E-state index in [1.54, 1.807) is 6.07 Å². The third-order valence-corrected chi connectivity index (χ3v) is 3.87. The minimum absolute atomic E-state index is 0.0828. The molecule has 2 nitrogen and oxygen atoms in total. The number of hydrogen-bond donors (Lipinski definition) is 1. The van der Waals surface area contributed by atoms with Gasteiger partial charge in [-0.25, -0.2) is 4.39 Å². The SMILES string of the molecule is CCNC(C)c1cc(Br)ccc1Oc1ccc(Cl)c(F)c1. The second-order valence-corrected chi connectivity index (χ2v) is 5.96. The molecule has 2 aromatic rings. The highest BCUT2D eigenvalue weighted by molar-refractivity contribution is 9.10. The molecule has 0 bridgehead atoms. The molecular weight excluding hydrogens is 357 g/mol. The molecule has 112 valence electrons. The summed E-state index contributed by atoms with van der Waals surface area (Å²) in [6, 6.07) is 10.3. The molecule has 5 heteroatoms. The number of ether oxygens (including phenoxy) is 1. The molecule has 0 aliphatic heterocycles. The zero-order valence-electron chi connectivity index (χ0n) is 11.8. The average molecular weight is 373 g/mol. The van der Waals surface area contributed by atoms with Crippen LogP contribution in [0.4, 0.5) is 4.39 Å². The molecule has 0 aliphatic carbocycles. The molecule has 0 spiro atoms. The van der Waals surface area contributed by atoms with Gasteiger partial charge in [-0.05, 0) is 43.8 Å². The van der Waals surface area contributed by atoms with E-state index in [1.165, 1.54) is 12.1 Å². The van der Waals surface area contributed by atoms with E-state index in [4.69, 9.17) is 16.3 Å². The fourth-order valence-corrected chi connectivity index (χ4v) is 2.53. The molecule has 1 N–H and O–H groups in total. The van der Waals surface area contributed by atoms with Gasteiger partial charge in [0.25, 0.3) is 0 Å². The zero-order chi connectivity index (χ0) is 15.4.